The highest BCUT2D eigenvalue weighted by Crippen LogP contribution is 2.18. The number of aromatic nitrogens is 1. The van der Waals surface area contributed by atoms with E-state index in [1.165, 1.54) is 0 Å². The standard InChI is InChI=1S/C12H14N2O2/c1-7-5-6-9-10(8(7)2)11(15)16-12(13-9)14(3)4/h5-6H,1-4H3. The van der Waals surface area contributed by atoms with Crippen molar-refractivity contribution in [3.05, 3.63) is 33.7 Å². The third kappa shape index (κ3) is 1.56. The van der Waals surface area contributed by atoms with Crippen LogP contribution < -0.4 is 10.5 Å². The molecule has 4 heteroatoms. The molecule has 0 saturated heterocycles. The van der Waals surface area contributed by atoms with Gasteiger partial charge in [-0.05, 0) is 31.0 Å². The Balaban J connectivity index is 2.87. The minimum atomic E-state index is -0.324. The summed E-state index contributed by atoms with van der Waals surface area (Å²) in [6.45, 7) is 3.87. The molecule has 0 radical (unpaired) electrons. The molecule has 84 valence electrons. The van der Waals surface area contributed by atoms with Crippen LogP contribution in [0, 0.1) is 13.8 Å². The summed E-state index contributed by atoms with van der Waals surface area (Å²) in [5.41, 5.74) is 2.36. The first kappa shape index (κ1) is 10.7. The summed E-state index contributed by atoms with van der Waals surface area (Å²) >= 11 is 0. The molecular formula is C12H14N2O2. The monoisotopic (exact) mass is 218 g/mol. The smallest absolute Gasteiger partial charge is 0.348 e. The van der Waals surface area contributed by atoms with Gasteiger partial charge in [0.1, 0.15) is 0 Å². The number of anilines is 1. The van der Waals surface area contributed by atoms with Gasteiger partial charge in [0.15, 0.2) is 0 Å². The van der Waals surface area contributed by atoms with E-state index in [0.717, 1.165) is 11.1 Å². The van der Waals surface area contributed by atoms with Crippen LogP contribution in [0.5, 0.6) is 0 Å². The van der Waals surface area contributed by atoms with E-state index in [4.69, 9.17) is 4.42 Å². The minimum absolute atomic E-state index is 0.324. The van der Waals surface area contributed by atoms with Crippen molar-refractivity contribution in [1.82, 2.24) is 4.98 Å². The Morgan fingerprint density at radius 1 is 1.25 bits per heavy atom. The molecule has 16 heavy (non-hydrogen) atoms. The molecule has 4 nitrogen and oxygen atoms in total. The van der Waals surface area contributed by atoms with Gasteiger partial charge in [-0.25, -0.2) is 4.79 Å². The van der Waals surface area contributed by atoms with Gasteiger partial charge in [0, 0.05) is 14.1 Å². The summed E-state index contributed by atoms with van der Waals surface area (Å²) in [5, 5.41) is 0.575. The van der Waals surface area contributed by atoms with Gasteiger partial charge in [-0.3, -0.25) is 0 Å². The van der Waals surface area contributed by atoms with Gasteiger partial charge < -0.3 is 9.32 Å². The zero-order chi connectivity index (χ0) is 11.9. The van der Waals surface area contributed by atoms with E-state index in [1.54, 1.807) is 19.0 Å². The van der Waals surface area contributed by atoms with Crippen molar-refractivity contribution in [3.8, 4) is 0 Å². The fraction of sp³-hybridized carbons (Fsp3) is 0.333. The summed E-state index contributed by atoms with van der Waals surface area (Å²) in [6.07, 6.45) is 0. The molecule has 0 aliphatic carbocycles. The predicted molar refractivity (Wildman–Crippen MR) is 64.1 cm³/mol. The lowest BCUT2D eigenvalue weighted by Crippen LogP contribution is -2.15. The van der Waals surface area contributed by atoms with Gasteiger partial charge in [0.25, 0.3) is 6.01 Å². The second-order valence-corrected chi connectivity index (χ2v) is 4.08. The molecule has 0 saturated carbocycles. The van der Waals surface area contributed by atoms with Crippen molar-refractivity contribution in [3.63, 3.8) is 0 Å². The highest BCUT2D eigenvalue weighted by atomic mass is 16.4. The SMILES string of the molecule is Cc1ccc2nc(N(C)C)oc(=O)c2c1C. The molecular weight excluding hydrogens is 204 g/mol. The van der Waals surface area contributed by atoms with Crippen LogP contribution in [-0.4, -0.2) is 19.1 Å². The first-order chi connectivity index (χ1) is 7.50. The van der Waals surface area contributed by atoms with E-state index in [0.29, 0.717) is 16.9 Å². The van der Waals surface area contributed by atoms with Crippen LogP contribution in [-0.2, 0) is 0 Å². The van der Waals surface area contributed by atoms with E-state index < -0.39 is 0 Å². The van der Waals surface area contributed by atoms with E-state index in [2.05, 4.69) is 4.98 Å². The lowest BCUT2D eigenvalue weighted by atomic mass is 10.1. The van der Waals surface area contributed by atoms with Gasteiger partial charge in [-0.15, -0.1) is 0 Å². The first-order valence-corrected chi connectivity index (χ1v) is 5.09. The number of rotatable bonds is 1. The third-order valence-corrected chi connectivity index (χ3v) is 2.70. The number of benzene rings is 1. The summed E-state index contributed by atoms with van der Waals surface area (Å²) in [7, 11) is 3.58. The molecule has 0 bridgehead atoms. The van der Waals surface area contributed by atoms with Gasteiger partial charge >= 0.3 is 5.63 Å². The fourth-order valence-corrected chi connectivity index (χ4v) is 1.60. The van der Waals surface area contributed by atoms with E-state index >= 15 is 0 Å². The Bertz CT molecular complexity index is 600. The third-order valence-electron chi connectivity index (χ3n) is 2.70. The maximum Gasteiger partial charge on any atom is 0.348 e. The van der Waals surface area contributed by atoms with Crippen LogP contribution in [0.3, 0.4) is 0 Å². The molecule has 0 aliphatic rings. The van der Waals surface area contributed by atoms with Crippen LogP contribution in [0.15, 0.2) is 21.3 Å². The van der Waals surface area contributed by atoms with Crippen molar-refractivity contribution in [2.45, 2.75) is 13.8 Å². The van der Waals surface area contributed by atoms with Crippen LogP contribution in [0.2, 0.25) is 0 Å². The summed E-state index contributed by atoms with van der Waals surface area (Å²) in [6, 6.07) is 4.14. The lowest BCUT2D eigenvalue weighted by molar-refractivity contribution is 0.502. The number of nitrogens with zero attached hydrogens (tertiary/aromatic N) is 2. The molecule has 2 rings (SSSR count). The van der Waals surface area contributed by atoms with Crippen LogP contribution in [0.1, 0.15) is 11.1 Å². The Labute approximate surface area is 93.5 Å². The Morgan fingerprint density at radius 3 is 2.56 bits per heavy atom. The molecule has 0 spiro atoms. The highest BCUT2D eigenvalue weighted by Gasteiger charge is 2.10. The van der Waals surface area contributed by atoms with Gasteiger partial charge in [0.05, 0.1) is 10.9 Å². The maximum atomic E-state index is 11.8. The van der Waals surface area contributed by atoms with Gasteiger partial charge in [-0.2, -0.15) is 4.98 Å². The molecule has 1 aromatic heterocycles. The second kappa shape index (κ2) is 3.63. The number of fused-ring (bicyclic) bond motifs is 1. The normalized spacial score (nSPS) is 10.8. The minimum Gasteiger partial charge on any atom is -0.389 e. The summed E-state index contributed by atoms with van der Waals surface area (Å²) in [4.78, 5) is 17.8. The molecule has 0 N–H and O–H groups in total. The summed E-state index contributed by atoms with van der Waals surface area (Å²) in [5.74, 6) is 0. The maximum absolute atomic E-state index is 11.8. The average Bonchev–Trinajstić information content (AvgIpc) is 2.22. The number of hydrogen-bond acceptors (Lipinski definition) is 4. The Kier molecular flexibility index (Phi) is 2.42. The molecule has 1 heterocycles. The topological polar surface area (TPSA) is 46.3 Å². The molecule has 2 aromatic rings. The zero-order valence-electron chi connectivity index (χ0n) is 9.87. The van der Waals surface area contributed by atoms with E-state index in [1.807, 2.05) is 26.0 Å². The quantitative estimate of drug-likeness (QED) is 0.733. The predicted octanol–water partition coefficient (Wildman–Crippen LogP) is 1.87. The zero-order valence-corrected chi connectivity index (χ0v) is 9.87. The number of aryl methyl sites for hydroxylation is 2. The molecule has 0 atom stereocenters. The van der Waals surface area contributed by atoms with Crippen molar-refractivity contribution in [1.29, 1.82) is 0 Å². The average molecular weight is 218 g/mol. The summed E-state index contributed by atoms with van der Waals surface area (Å²) < 4.78 is 5.15. The molecule has 0 aliphatic heterocycles. The molecule has 0 fully saturated rings. The molecule has 0 amide bonds. The van der Waals surface area contributed by atoms with Crippen LogP contribution in [0.25, 0.3) is 10.9 Å². The van der Waals surface area contributed by atoms with Gasteiger partial charge in [-0.1, -0.05) is 6.07 Å². The number of hydrogen-bond donors (Lipinski definition) is 0. The van der Waals surface area contributed by atoms with Crippen LogP contribution in [0.4, 0.5) is 6.01 Å². The Hall–Kier alpha value is -1.84. The van der Waals surface area contributed by atoms with Crippen molar-refractivity contribution in [2.75, 3.05) is 19.0 Å². The Morgan fingerprint density at radius 2 is 1.94 bits per heavy atom. The van der Waals surface area contributed by atoms with Gasteiger partial charge in [0.2, 0.25) is 0 Å². The van der Waals surface area contributed by atoms with E-state index in [-0.39, 0.29) is 5.63 Å². The first-order valence-electron chi connectivity index (χ1n) is 5.09. The lowest BCUT2D eigenvalue weighted by Gasteiger charge is -2.10. The van der Waals surface area contributed by atoms with Crippen molar-refractivity contribution < 1.29 is 4.42 Å². The van der Waals surface area contributed by atoms with Crippen molar-refractivity contribution >= 4 is 16.9 Å². The van der Waals surface area contributed by atoms with E-state index in [9.17, 15) is 4.79 Å². The fourth-order valence-electron chi connectivity index (χ4n) is 1.60. The highest BCUT2D eigenvalue weighted by molar-refractivity contribution is 5.82. The molecule has 0 unspecified atom stereocenters. The van der Waals surface area contributed by atoms with Crippen LogP contribution >= 0.6 is 0 Å². The second-order valence-electron chi connectivity index (χ2n) is 4.08. The largest absolute Gasteiger partial charge is 0.389 e. The molecule has 1 aromatic carbocycles. The van der Waals surface area contributed by atoms with Crippen molar-refractivity contribution in [2.24, 2.45) is 0 Å².